The van der Waals surface area contributed by atoms with Crippen LogP contribution in [-0.4, -0.2) is 32.6 Å². The maximum Gasteiger partial charge on any atom is 0.191 e. The fourth-order valence-corrected chi connectivity index (χ4v) is 3.10. The molecule has 1 aromatic carbocycles. The van der Waals surface area contributed by atoms with Gasteiger partial charge in [0, 0.05) is 50.8 Å². The fraction of sp³-hybridized carbons (Fsp3) is 0.350. The zero-order chi connectivity index (χ0) is 19.2. The van der Waals surface area contributed by atoms with Gasteiger partial charge in [-0.25, -0.2) is 0 Å². The molecule has 150 valence electrons. The van der Waals surface area contributed by atoms with Gasteiger partial charge in [-0.15, -0.1) is 24.0 Å². The Morgan fingerprint density at radius 2 is 1.79 bits per heavy atom. The molecule has 0 bridgehead atoms. The van der Waals surface area contributed by atoms with E-state index in [0.29, 0.717) is 13.1 Å². The molecule has 8 heteroatoms. The summed E-state index contributed by atoms with van der Waals surface area (Å²) in [5, 5.41) is 15.5. The summed E-state index contributed by atoms with van der Waals surface area (Å²) in [6.07, 6.45) is 3.78. The van der Waals surface area contributed by atoms with Gasteiger partial charge in [0.15, 0.2) is 5.96 Å². The summed E-state index contributed by atoms with van der Waals surface area (Å²) in [6, 6.07) is 10.3. The van der Waals surface area contributed by atoms with E-state index in [4.69, 9.17) is 0 Å². The maximum absolute atomic E-state index is 4.46. The summed E-state index contributed by atoms with van der Waals surface area (Å²) in [5.74, 6) is 0.770. The normalized spacial score (nSPS) is 11.2. The molecule has 7 nitrogen and oxygen atoms in total. The highest BCUT2D eigenvalue weighted by Crippen LogP contribution is 2.12. The first-order valence-electron chi connectivity index (χ1n) is 9.06. The van der Waals surface area contributed by atoms with Crippen LogP contribution in [0.15, 0.2) is 47.7 Å². The summed E-state index contributed by atoms with van der Waals surface area (Å²) in [4.78, 5) is 4.34. The van der Waals surface area contributed by atoms with Gasteiger partial charge in [-0.05, 0) is 31.0 Å². The predicted molar refractivity (Wildman–Crippen MR) is 123 cm³/mol. The van der Waals surface area contributed by atoms with E-state index < -0.39 is 0 Å². The Balaban J connectivity index is 0.00000280. The minimum atomic E-state index is 0. The van der Waals surface area contributed by atoms with Crippen LogP contribution >= 0.6 is 24.0 Å². The largest absolute Gasteiger partial charge is 0.352 e. The number of rotatable bonds is 6. The van der Waals surface area contributed by atoms with E-state index in [2.05, 4.69) is 57.0 Å². The molecular weight excluding hydrogens is 465 g/mol. The first kappa shape index (κ1) is 21.9. The highest BCUT2D eigenvalue weighted by Gasteiger charge is 2.10. The van der Waals surface area contributed by atoms with Crippen molar-refractivity contribution in [2.45, 2.75) is 33.5 Å². The first-order valence-corrected chi connectivity index (χ1v) is 9.06. The molecule has 0 spiro atoms. The minimum absolute atomic E-state index is 0. The zero-order valence-corrected chi connectivity index (χ0v) is 19.1. The van der Waals surface area contributed by atoms with E-state index in [1.54, 1.807) is 13.2 Å². The third-order valence-corrected chi connectivity index (χ3v) is 4.77. The summed E-state index contributed by atoms with van der Waals surface area (Å²) in [6.45, 7) is 6.26. The molecule has 0 unspecified atom stereocenters. The Morgan fingerprint density at radius 1 is 1.07 bits per heavy atom. The molecule has 28 heavy (non-hydrogen) atoms. The molecule has 0 fully saturated rings. The molecule has 2 aromatic heterocycles. The van der Waals surface area contributed by atoms with Crippen molar-refractivity contribution in [3.8, 4) is 0 Å². The number of guanidine groups is 1. The lowest BCUT2D eigenvalue weighted by Crippen LogP contribution is -2.36. The van der Waals surface area contributed by atoms with Crippen LogP contribution < -0.4 is 10.6 Å². The molecule has 0 saturated heterocycles. The van der Waals surface area contributed by atoms with E-state index in [1.807, 2.05) is 35.6 Å². The quantitative estimate of drug-likeness (QED) is 0.315. The van der Waals surface area contributed by atoms with Crippen LogP contribution in [0.4, 0.5) is 0 Å². The second-order valence-corrected chi connectivity index (χ2v) is 6.52. The van der Waals surface area contributed by atoms with Gasteiger partial charge in [0.05, 0.1) is 12.2 Å². The van der Waals surface area contributed by atoms with E-state index >= 15 is 0 Å². The van der Waals surface area contributed by atoms with Crippen molar-refractivity contribution >= 4 is 29.9 Å². The second kappa shape index (κ2) is 10.3. The molecule has 0 aliphatic rings. The molecule has 3 aromatic rings. The highest BCUT2D eigenvalue weighted by atomic mass is 127. The van der Waals surface area contributed by atoms with Crippen molar-refractivity contribution in [2.24, 2.45) is 12.0 Å². The van der Waals surface area contributed by atoms with Gasteiger partial charge in [-0.1, -0.05) is 24.3 Å². The van der Waals surface area contributed by atoms with Gasteiger partial charge >= 0.3 is 0 Å². The van der Waals surface area contributed by atoms with Crippen LogP contribution in [-0.2, 0) is 26.7 Å². The summed E-state index contributed by atoms with van der Waals surface area (Å²) < 4.78 is 3.84. The molecule has 2 N–H and O–H groups in total. The van der Waals surface area contributed by atoms with Gasteiger partial charge in [0.1, 0.15) is 0 Å². The lowest BCUT2D eigenvalue weighted by Gasteiger charge is -2.14. The lowest BCUT2D eigenvalue weighted by molar-refractivity contribution is 0.677. The third kappa shape index (κ3) is 5.34. The van der Waals surface area contributed by atoms with Gasteiger partial charge in [0.25, 0.3) is 0 Å². The molecule has 2 heterocycles. The van der Waals surface area contributed by atoms with Crippen molar-refractivity contribution in [3.05, 3.63) is 70.8 Å². The predicted octanol–water partition coefficient (Wildman–Crippen LogP) is 2.76. The van der Waals surface area contributed by atoms with Crippen molar-refractivity contribution < 1.29 is 0 Å². The molecule has 0 aliphatic heterocycles. The van der Waals surface area contributed by atoms with Crippen molar-refractivity contribution in [2.75, 3.05) is 7.05 Å². The maximum atomic E-state index is 4.46. The monoisotopic (exact) mass is 493 g/mol. The average molecular weight is 493 g/mol. The topological polar surface area (TPSA) is 72.1 Å². The SMILES string of the molecule is CN=C(NCc1ccccc1Cn1cccn1)NCc1c(C)nn(C)c1C.I. The highest BCUT2D eigenvalue weighted by molar-refractivity contribution is 14.0. The Kier molecular flexibility index (Phi) is 8.04. The number of halogens is 1. The Hall–Kier alpha value is -2.36. The number of hydrogen-bond acceptors (Lipinski definition) is 3. The Bertz CT molecular complexity index is 913. The van der Waals surface area contributed by atoms with Gasteiger partial charge < -0.3 is 10.6 Å². The lowest BCUT2D eigenvalue weighted by atomic mass is 10.1. The summed E-state index contributed by atoms with van der Waals surface area (Å²) in [7, 11) is 3.75. The van der Waals surface area contributed by atoms with Crippen molar-refractivity contribution in [1.82, 2.24) is 30.2 Å². The van der Waals surface area contributed by atoms with Crippen LogP contribution in [0.5, 0.6) is 0 Å². The van der Waals surface area contributed by atoms with Crippen molar-refractivity contribution in [1.29, 1.82) is 0 Å². The molecule has 0 aliphatic carbocycles. The Labute approximate surface area is 183 Å². The molecule has 0 atom stereocenters. The van der Waals surface area contributed by atoms with Crippen LogP contribution in [0.2, 0.25) is 0 Å². The number of aliphatic imine (C=N–C) groups is 1. The van der Waals surface area contributed by atoms with Crippen LogP contribution in [0, 0.1) is 13.8 Å². The van der Waals surface area contributed by atoms with E-state index in [1.165, 1.54) is 22.4 Å². The van der Waals surface area contributed by atoms with Crippen LogP contribution in [0.1, 0.15) is 28.1 Å². The van der Waals surface area contributed by atoms with Crippen LogP contribution in [0.25, 0.3) is 0 Å². The molecular formula is C20H28IN7. The standard InChI is InChI=1S/C20H27N7.HI/c1-15-19(16(2)26(4)25-15)13-23-20(21-3)22-12-17-8-5-6-9-18(17)14-27-11-7-10-24-27;/h5-11H,12-14H2,1-4H3,(H2,21,22,23);1H. The number of aryl methyl sites for hydroxylation is 2. The third-order valence-electron chi connectivity index (χ3n) is 4.77. The molecule has 0 radical (unpaired) electrons. The van der Waals surface area contributed by atoms with E-state index in [9.17, 15) is 0 Å². The summed E-state index contributed by atoms with van der Waals surface area (Å²) in [5.41, 5.74) is 5.88. The van der Waals surface area contributed by atoms with Crippen LogP contribution in [0.3, 0.4) is 0 Å². The smallest absolute Gasteiger partial charge is 0.191 e. The molecule has 3 rings (SSSR count). The Morgan fingerprint density at radius 3 is 2.39 bits per heavy atom. The average Bonchev–Trinajstić information content (AvgIpc) is 3.26. The van der Waals surface area contributed by atoms with Crippen molar-refractivity contribution in [3.63, 3.8) is 0 Å². The number of hydrogen-bond donors (Lipinski definition) is 2. The van der Waals surface area contributed by atoms with Gasteiger partial charge in [0.2, 0.25) is 0 Å². The van der Waals surface area contributed by atoms with E-state index in [-0.39, 0.29) is 24.0 Å². The molecule has 0 saturated carbocycles. The number of benzene rings is 1. The first-order chi connectivity index (χ1) is 13.1. The van der Waals surface area contributed by atoms with E-state index in [0.717, 1.165) is 18.2 Å². The zero-order valence-electron chi connectivity index (χ0n) is 16.8. The number of nitrogens with one attached hydrogen (secondary N) is 2. The number of aromatic nitrogens is 4. The summed E-state index contributed by atoms with van der Waals surface area (Å²) >= 11 is 0. The van der Waals surface area contributed by atoms with Gasteiger partial charge in [-0.2, -0.15) is 10.2 Å². The second-order valence-electron chi connectivity index (χ2n) is 6.52. The van der Waals surface area contributed by atoms with Gasteiger partial charge in [-0.3, -0.25) is 14.4 Å². The molecule has 0 amide bonds. The minimum Gasteiger partial charge on any atom is -0.352 e. The number of nitrogens with zero attached hydrogens (tertiary/aromatic N) is 5. The fourth-order valence-electron chi connectivity index (χ4n) is 3.10.